The van der Waals surface area contributed by atoms with Crippen molar-refractivity contribution < 1.29 is 24.2 Å². The quantitative estimate of drug-likeness (QED) is 0.236. The number of amides is 2. The summed E-state index contributed by atoms with van der Waals surface area (Å²) in [5, 5.41) is 24.4. The Labute approximate surface area is 213 Å². The van der Waals surface area contributed by atoms with Crippen molar-refractivity contribution >= 4 is 29.3 Å². The number of aliphatic hydroxyl groups excluding tert-OH is 1. The summed E-state index contributed by atoms with van der Waals surface area (Å²) >= 11 is 1.19. The fourth-order valence-electron chi connectivity index (χ4n) is 3.27. The summed E-state index contributed by atoms with van der Waals surface area (Å²) in [6.07, 6.45) is 1.65. The molecule has 1 aromatic heterocycles. The fourth-order valence-corrected chi connectivity index (χ4v) is 4.02. The Morgan fingerprint density at radius 2 is 1.83 bits per heavy atom. The van der Waals surface area contributed by atoms with Crippen molar-refractivity contribution in [3.8, 4) is 11.5 Å². The molecule has 0 saturated heterocycles. The van der Waals surface area contributed by atoms with Crippen LogP contribution in [0.25, 0.3) is 0 Å². The monoisotopic (exact) mass is 511 g/mol. The van der Waals surface area contributed by atoms with E-state index in [0.717, 1.165) is 5.75 Å². The topological polar surface area (TPSA) is 128 Å². The molecule has 11 heteroatoms. The van der Waals surface area contributed by atoms with Gasteiger partial charge >= 0.3 is 0 Å². The van der Waals surface area contributed by atoms with Gasteiger partial charge in [0.2, 0.25) is 5.91 Å². The van der Waals surface area contributed by atoms with E-state index in [-0.39, 0.29) is 24.2 Å². The fraction of sp³-hybridized carbons (Fsp3) is 0.280. The number of thioether (sulfide) groups is 1. The molecule has 10 nitrogen and oxygen atoms in total. The molecule has 0 spiro atoms. The minimum Gasteiger partial charge on any atom is -0.497 e. The second-order valence-corrected chi connectivity index (χ2v) is 8.41. The first-order chi connectivity index (χ1) is 17.5. The van der Waals surface area contributed by atoms with Crippen molar-refractivity contribution in [3.63, 3.8) is 0 Å². The van der Waals surface area contributed by atoms with Crippen LogP contribution in [-0.4, -0.2) is 57.8 Å². The van der Waals surface area contributed by atoms with Gasteiger partial charge in [-0.15, -0.1) is 16.8 Å². The van der Waals surface area contributed by atoms with E-state index >= 15 is 0 Å². The molecule has 0 aliphatic heterocycles. The van der Waals surface area contributed by atoms with Crippen molar-refractivity contribution in [1.29, 1.82) is 0 Å². The van der Waals surface area contributed by atoms with Crippen LogP contribution in [0.4, 0.5) is 5.69 Å². The number of rotatable bonds is 13. The van der Waals surface area contributed by atoms with Gasteiger partial charge in [-0.05, 0) is 55.5 Å². The van der Waals surface area contributed by atoms with E-state index in [1.165, 1.54) is 11.8 Å². The van der Waals surface area contributed by atoms with Crippen LogP contribution in [0.15, 0.2) is 66.3 Å². The molecule has 0 radical (unpaired) electrons. The number of hydrogen-bond donors (Lipinski definition) is 3. The maximum atomic E-state index is 12.7. The molecule has 1 heterocycles. The van der Waals surface area contributed by atoms with Crippen molar-refractivity contribution in [1.82, 2.24) is 20.1 Å². The van der Waals surface area contributed by atoms with Gasteiger partial charge in [0.15, 0.2) is 11.0 Å². The number of ether oxygens (including phenoxy) is 2. The summed E-state index contributed by atoms with van der Waals surface area (Å²) in [5.74, 6) is 1.20. The number of hydrogen-bond acceptors (Lipinski definition) is 8. The maximum Gasteiger partial charge on any atom is 0.251 e. The van der Waals surface area contributed by atoms with Gasteiger partial charge in [0.05, 0.1) is 26.1 Å². The van der Waals surface area contributed by atoms with Crippen LogP contribution in [0, 0.1) is 0 Å². The van der Waals surface area contributed by atoms with E-state index in [2.05, 4.69) is 27.4 Å². The summed E-state index contributed by atoms with van der Waals surface area (Å²) in [6, 6.07) is 12.9. The maximum absolute atomic E-state index is 12.7. The molecule has 0 aliphatic carbocycles. The van der Waals surface area contributed by atoms with Crippen LogP contribution in [0.2, 0.25) is 0 Å². The predicted octanol–water partition coefficient (Wildman–Crippen LogP) is 3.07. The molecule has 1 unspecified atom stereocenters. The van der Waals surface area contributed by atoms with Crippen LogP contribution in [0.1, 0.15) is 29.1 Å². The molecule has 0 fully saturated rings. The number of nitrogens with zero attached hydrogens (tertiary/aromatic N) is 3. The molecule has 190 valence electrons. The summed E-state index contributed by atoms with van der Waals surface area (Å²) < 4.78 is 12.2. The number of carbonyl (C=O) groups excluding carboxylic acids is 2. The number of methoxy groups -OCH3 is 1. The Kier molecular flexibility index (Phi) is 9.90. The molecule has 3 N–H and O–H groups in total. The lowest BCUT2D eigenvalue weighted by atomic mass is 10.2. The van der Waals surface area contributed by atoms with Gasteiger partial charge in [0.25, 0.3) is 5.91 Å². The van der Waals surface area contributed by atoms with Crippen LogP contribution in [0.5, 0.6) is 11.5 Å². The third-order valence-electron chi connectivity index (χ3n) is 4.99. The molecule has 0 aliphatic rings. The number of nitrogens with one attached hydrogen (secondary N) is 2. The first kappa shape index (κ1) is 26.8. The Morgan fingerprint density at radius 1 is 1.14 bits per heavy atom. The van der Waals surface area contributed by atoms with E-state index in [4.69, 9.17) is 9.47 Å². The minimum atomic E-state index is -0.806. The van der Waals surface area contributed by atoms with Crippen molar-refractivity contribution in [2.45, 2.75) is 24.7 Å². The summed E-state index contributed by atoms with van der Waals surface area (Å²) in [6.45, 7) is 6.18. The van der Waals surface area contributed by atoms with Crippen molar-refractivity contribution in [2.75, 3.05) is 31.4 Å². The molecule has 36 heavy (non-hydrogen) atoms. The number of anilines is 1. The van der Waals surface area contributed by atoms with Crippen LogP contribution in [0.3, 0.4) is 0 Å². The summed E-state index contributed by atoms with van der Waals surface area (Å²) in [5.41, 5.74) is 1.06. The van der Waals surface area contributed by atoms with Gasteiger partial charge in [-0.25, -0.2) is 0 Å². The van der Waals surface area contributed by atoms with Crippen LogP contribution >= 0.6 is 11.8 Å². The van der Waals surface area contributed by atoms with E-state index < -0.39 is 6.04 Å². The second kappa shape index (κ2) is 13.3. The molecule has 2 amide bonds. The van der Waals surface area contributed by atoms with Gasteiger partial charge in [0.1, 0.15) is 17.5 Å². The normalized spacial score (nSPS) is 11.4. The molecule has 3 aromatic rings. The zero-order chi connectivity index (χ0) is 25.9. The van der Waals surface area contributed by atoms with Crippen LogP contribution < -0.4 is 20.1 Å². The Bertz CT molecular complexity index is 1160. The van der Waals surface area contributed by atoms with E-state index in [1.54, 1.807) is 66.3 Å². The zero-order valence-corrected chi connectivity index (χ0v) is 21.0. The number of allylic oxidation sites excluding steroid dienone is 1. The molecule has 3 rings (SSSR count). The predicted molar refractivity (Wildman–Crippen MR) is 137 cm³/mol. The first-order valence-electron chi connectivity index (χ1n) is 11.2. The zero-order valence-electron chi connectivity index (χ0n) is 20.1. The Morgan fingerprint density at radius 3 is 2.44 bits per heavy atom. The molecule has 2 aromatic carbocycles. The Hall–Kier alpha value is -3.83. The molecule has 0 bridgehead atoms. The van der Waals surface area contributed by atoms with Gasteiger partial charge in [-0.3, -0.25) is 9.59 Å². The second-order valence-electron chi connectivity index (χ2n) is 7.47. The van der Waals surface area contributed by atoms with E-state index in [0.29, 0.717) is 41.1 Å². The third kappa shape index (κ3) is 7.09. The smallest absolute Gasteiger partial charge is 0.251 e. The molecular formula is C25H29N5O5S. The molecule has 0 saturated carbocycles. The van der Waals surface area contributed by atoms with Gasteiger partial charge < -0.3 is 29.8 Å². The molecule has 1 atom stereocenters. The third-order valence-corrected chi connectivity index (χ3v) is 5.96. The SMILES string of the molecule is C=CCn1c(SCC(=O)Nc2ccc(OCC)cc2)nnc1C(CO)NC(=O)c1ccc(OC)cc1. The lowest BCUT2D eigenvalue weighted by Crippen LogP contribution is -2.33. The number of benzene rings is 2. The highest BCUT2D eigenvalue weighted by atomic mass is 32.2. The lowest BCUT2D eigenvalue weighted by Gasteiger charge is -2.17. The van der Waals surface area contributed by atoms with Gasteiger partial charge in [-0.2, -0.15) is 0 Å². The van der Waals surface area contributed by atoms with Gasteiger partial charge in [0, 0.05) is 17.8 Å². The van der Waals surface area contributed by atoms with Gasteiger partial charge in [-0.1, -0.05) is 17.8 Å². The largest absolute Gasteiger partial charge is 0.497 e. The minimum absolute atomic E-state index is 0.0878. The highest BCUT2D eigenvalue weighted by Crippen LogP contribution is 2.22. The number of aromatic nitrogens is 3. The average molecular weight is 512 g/mol. The number of carbonyl (C=O) groups is 2. The Balaban J connectivity index is 1.66. The van der Waals surface area contributed by atoms with Crippen LogP contribution in [-0.2, 0) is 11.3 Å². The highest BCUT2D eigenvalue weighted by molar-refractivity contribution is 7.99. The van der Waals surface area contributed by atoms with Crippen molar-refractivity contribution in [3.05, 3.63) is 72.6 Å². The summed E-state index contributed by atoms with van der Waals surface area (Å²) in [7, 11) is 1.54. The average Bonchev–Trinajstić information content (AvgIpc) is 3.29. The van der Waals surface area contributed by atoms with E-state index in [9.17, 15) is 14.7 Å². The summed E-state index contributed by atoms with van der Waals surface area (Å²) in [4.78, 5) is 25.2. The van der Waals surface area contributed by atoms with E-state index in [1.807, 2.05) is 6.92 Å². The molecular weight excluding hydrogens is 482 g/mol. The first-order valence-corrected chi connectivity index (χ1v) is 12.2. The lowest BCUT2D eigenvalue weighted by molar-refractivity contribution is -0.113. The standard InChI is InChI=1S/C25H29N5O5S/c1-4-14-30-23(21(15-31)27-24(33)17-6-10-19(34-3)11-7-17)28-29-25(30)36-16-22(32)26-18-8-12-20(13-9-18)35-5-2/h4,6-13,21,31H,1,5,14-16H2,2-3H3,(H,26,32)(H,27,33). The van der Waals surface area contributed by atoms with Crippen molar-refractivity contribution in [2.24, 2.45) is 0 Å². The number of aliphatic hydroxyl groups is 1. The highest BCUT2D eigenvalue weighted by Gasteiger charge is 2.23.